The second-order valence-electron chi connectivity index (χ2n) is 7.70. The second kappa shape index (κ2) is 9.93. The normalized spacial score (nSPS) is 14.0. The molecule has 0 bridgehead atoms. The van der Waals surface area contributed by atoms with Gasteiger partial charge in [0.2, 0.25) is 6.79 Å². The Morgan fingerprint density at radius 1 is 1.18 bits per heavy atom. The number of hydrogen-bond donors (Lipinski definition) is 2. The Kier molecular flexibility index (Phi) is 6.81. The molecule has 1 aromatic heterocycles. The molecule has 0 aliphatic carbocycles. The molecule has 174 valence electrons. The Hall–Kier alpha value is -3.56. The van der Waals surface area contributed by atoms with E-state index >= 15 is 0 Å². The van der Waals surface area contributed by atoms with Crippen LogP contribution in [0.1, 0.15) is 13.8 Å². The molecule has 33 heavy (non-hydrogen) atoms. The monoisotopic (exact) mass is 452 g/mol. The summed E-state index contributed by atoms with van der Waals surface area (Å²) in [5, 5.41) is 17.9. The molecular weight excluding hydrogens is 424 g/mol. The summed E-state index contributed by atoms with van der Waals surface area (Å²) in [6.07, 6.45) is 1.51. The van der Waals surface area contributed by atoms with Crippen LogP contribution in [-0.2, 0) is 4.74 Å². The summed E-state index contributed by atoms with van der Waals surface area (Å²) in [5.41, 5.74) is 1.48. The van der Waals surface area contributed by atoms with Crippen molar-refractivity contribution in [2.75, 3.05) is 38.5 Å². The molecule has 2 heterocycles. The second-order valence-corrected chi connectivity index (χ2v) is 7.70. The highest BCUT2D eigenvalue weighted by Gasteiger charge is 2.20. The Morgan fingerprint density at radius 2 is 1.97 bits per heavy atom. The van der Waals surface area contributed by atoms with Gasteiger partial charge in [-0.1, -0.05) is 6.08 Å². The van der Waals surface area contributed by atoms with E-state index in [-0.39, 0.29) is 12.8 Å². The summed E-state index contributed by atoms with van der Waals surface area (Å²) < 4.78 is 23.7. The van der Waals surface area contributed by atoms with Crippen LogP contribution < -0.4 is 19.5 Å². The van der Waals surface area contributed by atoms with Crippen LogP contribution in [0.5, 0.6) is 17.5 Å². The van der Waals surface area contributed by atoms with Crippen LogP contribution in [0.2, 0.25) is 0 Å². The number of nitrogens with one attached hydrogen (secondary N) is 1. The van der Waals surface area contributed by atoms with Crippen LogP contribution in [0.25, 0.3) is 17.1 Å². The van der Waals surface area contributed by atoms with Gasteiger partial charge in [-0.25, -0.2) is 4.68 Å². The fourth-order valence-electron chi connectivity index (χ4n) is 3.17. The van der Waals surface area contributed by atoms with Crippen LogP contribution in [0.3, 0.4) is 0 Å². The first-order chi connectivity index (χ1) is 16.0. The molecule has 0 saturated heterocycles. The Labute approximate surface area is 192 Å². The van der Waals surface area contributed by atoms with E-state index < -0.39 is 5.60 Å². The van der Waals surface area contributed by atoms with E-state index in [9.17, 15) is 5.11 Å². The topological polar surface area (TPSA) is 99.9 Å². The Bertz CT molecular complexity index is 1090. The summed E-state index contributed by atoms with van der Waals surface area (Å²) in [6.45, 7) is 9.25. The zero-order chi connectivity index (χ0) is 23.3. The van der Waals surface area contributed by atoms with E-state index in [1.165, 1.54) is 6.08 Å². The van der Waals surface area contributed by atoms with Gasteiger partial charge in [0.1, 0.15) is 6.61 Å². The SMILES string of the molecule is C=CC(C)(O)CNc1ccc(-n2nc(OCCOCC)nc2-c2ccc3c(c2)OCO3)cc1. The third kappa shape index (κ3) is 5.44. The lowest BCUT2D eigenvalue weighted by Gasteiger charge is -2.19. The van der Waals surface area contributed by atoms with Gasteiger partial charge < -0.3 is 29.4 Å². The number of rotatable bonds is 11. The van der Waals surface area contributed by atoms with Crippen molar-refractivity contribution < 1.29 is 24.1 Å². The van der Waals surface area contributed by atoms with E-state index in [1.54, 1.807) is 11.6 Å². The molecule has 0 radical (unpaired) electrons. The largest absolute Gasteiger partial charge is 0.460 e. The van der Waals surface area contributed by atoms with Crippen LogP contribution in [0.15, 0.2) is 55.1 Å². The molecule has 0 fully saturated rings. The van der Waals surface area contributed by atoms with Crippen LogP contribution in [0, 0.1) is 0 Å². The molecule has 2 aromatic carbocycles. The minimum absolute atomic E-state index is 0.199. The Morgan fingerprint density at radius 3 is 2.73 bits per heavy atom. The fraction of sp³-hybridized carbons (Fsp3) is 0.333. The standard InChI is InChI=1S/C24H28N4O5/c1-4-24(3,29)15-25-18-7-9-19(10-8-18)28-22(26-23(27-28)31-13-12-30-5-2)17-6-11-20-21(14-17)33-16-32-20/h4,6-11,14,25,29H,1,5,12-13,15-16H2,2-3H3. The predicted molar refractivity (Wildman–Crippen MR) is 124 cm³/mol. The lowest BCUT2D eigenvalue weighted by Crippen LogP contribution is -2.30. The molecule has 9 heteroatoms. The number of aromatic nitrogens is 3. The van der Waals surface area contributed by atoms with Crippen molar-refractivity contribution in [2.45, 2.75) is 19.4 Å². The molecule has 1 atom stereocenters. The summed E-state index contributed by atoms with van der Waals surface area (Å²) in [4.78, 5) is 4.60. The average Bonchev–Trinajstić information content (AvgIpc) is 3.47. The van der Waals surface area contributed by atoms with E-state index in [2.05, 4.69) is 22.0 Å². The zero-order valence-corrected chi connectivity index (χ0v) is 18.8. The highest BCUT2D eigenvalue weighted by atomic mass is 16.7. The molecule has 0 spiro atoms. The van der Waals surface area contributed by atoms with Crippen molar-refractivity contribution >= 4 is 5.69 Å². The van der Waals surface area contributed by atoms with Crippen LogP contribution in [-0.4, -0.2) is 58.6 Å². The number of aliphatic hydroxyl groups is 1. The lowest BCUT2D eigenvalue weighted by molar-refractivity contribution is 0.106. The summed E-state index contributed by atoms with van der Waals surface area (Å²) in [6, 6.07) is 13.5. The summed E-state index contributed by atoms with van der Waals surface area (Å²) in [5.74, 6) is 1.97. The van der Waals surface area contributed by atoms with Gasteiger partial charge in [-0.05, 0) is 56.3 Å². The van der Waals surface area contributed by atoms with Crippen molar-refractivity contribution in [1.29, 1.82) is 0 Å². The van der Waals surface area contributed by atoms with Crippen molar-refractivity contribution in [1.82, 2.24) is 14.8 Å². The molecule has 9 nitrogen and oxygen atoms in total. The van der Waals surface area contributed by atoms with Crippen LogP contribution >= 0.6 is 0 Å². The molecule has 1 unspecified atom stereocenters. The molecule has 1 aliphatic heterocycles. The van der Waals surface area contributed by atoms with E-state index in [4.69, 9.17) is 18.9 Å². The first-order valence-electron chi connectivity index (χ1n) is 10.8. The van der Waals surface area contributed by atoms with Gasteiger partial charge in [-0.3, -0.25) is 0 Å². The number of fused-ring (bicyclic) bond motifs is 1. The quantitative estimate of drug-likeness (QED) is 0.337. The van der Waals surface area contributed by atoms with Crippen LogP contribution in [0.4, 0.5) is 5.69 Å². The molecule has 0 saturated carbocycles. The van der Waals surface area contributed by atoms with E-state index in [0.717, 1.165) is 16.9 Å². The number of benzene rings is 2. The van der Waals surface area contributed by atoms with Gasteiger partial charge in [0.05, 0.1) is 17.9 Å². The maximum absolute atomic E-state index is 10.1. The van der Waals surface area contributed by atoms with Gasteiger partial charge in [0.25, 0.3) is 0 Å². The summed E-state index contributed by atoms with van der Waals surface area (Å²) in [7, 11) is 0. The van der Waals surface area contributed by atoms with Gasteiger partial charge in [0.15, 0.2) is 17.3 Å². The number of nitrogens with zero attached hydrogens (tertiary/aromatic N) is 3. The molecule has 0 amide bonds. The number of anilines is 1. The summed E-state index contributed by atoms with van der Waals surface area (Å²) >= 11 is 0. The maximum Gasteiger partial charge on any atom is 0.336 e. The molecule has 4 rings (SSSR count). The number of hydrogen-bond acceptors (Lipinski definition) is 8. The van der Waals surface area contributed by atoms with Crippen molar-refractivity contribution in [3.63, 3.8) is 0 Å². The first kappa shape index (κ1) is 22.6. The molecule has 3 aromatic rings. The predicted octanol–water partition coefficient (Wildman–Crippen LogP) is 3.43. The van der Waals surface area contributed by atoms with E-state index in [1.807, 2.05) is 49.4 Å². The van der Waals surface area contributed by atoms with Gasteiger partial charge in [0, 0.05) is 24.4 Å². The van der Waals surface area contributed by atoms with Gasteiger partial charge in [-0.15, -0.1) is 11.7 Å². The molecule has 2 N–H and O–H groups in total. The van der Waals surface area contributed by atoms with Crippen molar-refractivity contribution in [3.8, 4) is 34.6 Å². The van der Waals surface area contributed by atoms with Crippen molar-refractivity contribution in [3.05, 3.63) is 55.1 Å². The third-order valence-electron chi connectivity index (χ3n) is 5.08. The maximum atomic E-state index is 10.1. The third-order valence-corrected chi connectivity index (χ3v) is 5.08. The average molecular weight is 453 g/mol. The molecular formula is C24H28N4O5. The minimum atomic E-state index is -0.995. The van der Waals surface area contributed by atoms with E-state index in [0.29, 0.717) is 43.7 Å². The molecule has 1 aliphatic rings. The number of ether oxygens (including phenoxy) is 4. The first-order valence-corrected chi connectivity index (χ1v) is 10.8. The highest BCUT2D eigenvalue weighted by molar-refractivity contribution is 5.64. The smallest absolute Gasteiger partial charge is 0.336 e. The lowest BCUT2D eigenvalue weighted by atomic mass is 10.1. The highest BCUT2D eigenvalue weighted by Crippen LogP contribution is 2.36. The fourth-order valence-corrected chi connectivity index (χ4v) is 3.17. The van der Waals surface area contributed by atoms with Gasteiger partial charge >= 0.3 is 6.01 Å². The van der Waals surface area contributed by atoms with Gasteiger partial charge in [-0.2, -0.15) is 4.98 Å². The Balaban J connectivity index is 1.60. The minimum Gasteiger partial charge on any atom is -0.460 e. The zero-order valence-electron chi connectivity index (χ0n) is 18.8. The van der Waals surface area contributed by atoms with Crippen molar-refractivity contribution in [2.24, 2.45) is 0 Å².